The summed E-state index contributed by atoms with van der Waals surface area (Å²) in [6, 6.07) is 27.5. The third kappa shape index (κ3) is 10.2. The predicted octanol–water partition coefficient (Wildman–Crippen LogP) is 9.02. The average Bonchev–Trinajstić information content (AvgIpc) is 3.37. The van der Waals surface area contributed by atoms with Crippen molar-refractivity contribution in [3.63, 3.8) is 0 Å². The van der Waals surface area contributed by atoms with E-state index in [1.165, 1.54) is 18.5 Å². The first-order valence-electron chi connectivity index (χ1n) is 23.3. The number of likely N-dealkylation sites (N-methyl/N-ethyl adjacent to an activating group) is 1. The zero-order chi connectivity index (χ0) is 48.5. The van der Waals surface area contributed by atoms with E-state index in [0.717, 1.165) is 29.5 Å². The van der Waals surface area contributed by atoms with Crippen LogP contribution in [0.4, 0.5) is 10.5 Å². The van der Waals surface area contributed by atoms with Crippen LogP contribution in [0.3, 0.4) is 0 Å². The fraction of sp³-hybridized carbons (Fsp3) is 0.377. The second kappa shape index (κ2) is 22.0. The summed E-state index contributed by atoms with van der Waals surface area (Å²) in [5, 5.41) is 28.3. The largest absolute Gasteiger partial charge is 0.497 e. The lowest BCUT2D eigenvalue weighted by Gasteiger charge is -2.59. The minimum atomic E-state index is -4.34. The lowest BCUT2D eigenvalue weighted by molar-refractivity contribution is -0.250. The van der Waals surface area contributed by atoms with Crippen LogP contribution in [0.15, 0.2) is 138 Å². The van der Waals surface area contributed by atoms with E-state index in [1.807, 2.05) is 48.5 Å². The number of allylic oxidation sites excluding steroid dienone is 1. The monoisotopic (exact) mass is 960 g/mol. The Bertz CT molecular complexity index is 2780. The number of carbonyl (C=O) groups is 1. The number of rotatable bonds is 21. The van der Waals surface area contributed by atoms with Crippen LogP contribution in [0.2, 0.25) is 0 Å². The Kier molecular flexibility index (Phi) is 15.7. The maximum Gasteiger partial charge on any atom is 0.417 e. The fourth-order valence-electron chi connectivity index (χ4n) is 10.3. The highest BCUT2D eigenvalue weighted by molar-refractivity contribution is 7.89. The Hall–Kier alpha value is -6.30. The number of unbranched alkanes of at least 4 members (excludes halogenated alkanes) is 2. The smallest absolute Gasteiger partial charge is 0.417 e. The third-order valence-electron chi connectivity index (χ3n) is 13.4. The van der Waals surface area contributed by atoms with Crippen molar-refractivity contribution >= 4 is 38.4 Å². The minimum absolute atomic E-state index is 0.00826. The number of carbonyl (C=O) groups excluding carboxylic acids is 1. The Labute approximate surface area is 403 Å². The van der Waals surface area contributed by atoms with Crippen molar-refractivity contribution in [2.45, 2.75) is 74.2 Å². The molecule has 0 saturated heterocycles. The van der Waals surface area contributed by atoms with E-state index in [1.54, 1.807) is 67.9 Å². The van der Waals surface area contributed by atoms with E-state index < -0.39 is 39.8 Å². The van der Waals surface area contributed by atoms with Gasteiger partial charge in [0.25, 0.3) is 0 Å². The summed E-state index contributed by atoms with van der Waals surface area (Å²) in [7, 11) is 0.227. The standard InChI is InChI=1S/C53H60N4O11S/c1-5-29-65-53-48(57(2)69(61,62)47-21-13-18-36-19-14-26-54-51(36)47)33-44(56-66-34-35-15-7-6-8-16-35)41-30-37(17-9-11-27-58)40(20-10-12-28-59)49(50(41)53)42-31-39(23-25-45(42)68-53)67-52(60)55-43-24-22-38(63-3)32-46(43)64-4/h5-8,13-16,18-19,21-26,30-32,37,40,48-50,58-59H,1,9-12,17,20,27-29,33-34H2,2-4H3,(H,55,60)/t37-,40+,48-,49+,50+,53+/m0/s1. The number of benzene rings is 4. The number of anilines is 1. The number of para-hydroxylation sites is 1. The van der Waals surface area contributed by atoms with Gasteiger partial charge in [0.05, 0.1) is 49.7 Å². The summed E-state index contributed by atoms with van der Waals surface area (Å²) in [6.07, 6.45) is 8.68. The van der Waals surface area contributed by atoms with Crippen LogP contribution in [0.1, 0.15) is 62.0 Å². The second-order valence-corrected chi connectivity index (χ2v) is 19.4. The van der Waals surface area contributed by atoms with Crippen LogP contribution in [-0.2, 0) is 26.2 Å². The van der Waals surface area contributed by atoms with Gasteiger partial charge in [-0.05, 0) is 91.1 Å². The minimum Gasteiger partial charge on any atom is -0.497 e. The van der Waals surface area contributed by atoms with Crippen molar-refractivity contribution in [3.05, 3.63) is 139 Å². The van der Waals surface area contributed by atoms with Crippen molar-refractivity contribution < 1.29 is 51.9 Å². The van der Waals surface area contributed by atoms with Gasteiger partial charge in [-0.15, -0.1) is 6.58 Å². The molecule has 1 saturated carbocycles. The number of pyridine rings is 1. The number of aromatic nitrogens is 1. The molecule has 3 aliphatic rings. The average molecular weight is 961 g/mol. The van der Waals surface area contributed by atoms with E-state index in [0.29, 0.717) is 65.2 Å². The van der Waals surface area contributed by atoms with Crippen LogP contribution in [0.5, 0.6) is 23.0 Å². The molecule has 0 radical (unpaired) electrons. The zero-order valence-corrected chi connectivity index (χ0v) is 40.0. The number of sulfonamides is 1. The topological polar surface area (TPSA) is 188 Å². The molecule has 16 heteroatoms. The summed E-state index contributed by atoms with van der Waals surface area (Å²) in [5.41, 5.74) is 3.66. The molecule has 2 heterocycles. The van der Waals surface area contributed by atoms with Crippen molar-refractivity contribution in [1.82, 2.24) is 9.29 Å². The van der Waals surface area contributed by atoms with Gasteiger partial charge in [-0.3, -0.25) is 10.3 Å². The van der Waals surface area contributed by atoms with Crippen LogP contribution in [0.25, 0.3) is 10.9 Å². The number of aliphatic hydroxyl groups is 2. The lowest BCUT2D eigenvalue weighted by Crippen LogP contribution is -2.69. The molecule has 5 aromatic rings. The predicted molar refractivity (Wildman–Crippen MR) is 262 cm³/mol. The molecule has 0 unspecified atom stereocenters. The number of hydrogen-bond acceptors (Lipinski definition) is 13. The normalized spacial score (nSPS) is 22.2. The van der Waals surface area contributed by atoms with Crippen LogP contribution in [0, 0.1) is 17.8 Å². The number of nitrogens with zero attached hydrogens (tertiary/aromatic N) is 3. The number of methoxy groups -OCH3 is 2. The Morgan fingerprint density at radius 2 is 1.71 bits per heavy atom. The quantitative estimate of drug-likeness (QED) is 0.0360. The molecule has 1 amide bonds. The van der Waals surface area contributed by atoms with Gasteiger partial charge in [-0.25, -0.2) is 13.2 Å². The molecule has 6 atom stereocenters. The molecule has 1 fully saturated rings. The van der Waals surface area contributed by atoms with Crippen LogP contribution >= 0.6 is 0 Å². The van der Waals surface area contributed by atoms with Crippen LogP contribution in [-0.4, -0.2) is 92.6 Å². The molecule has 69 heavy (non-hydrogen) atoms. The number of aliphatic hydroxyl groups excluding tert-OH is 2. The molecular formula is C53H60N4O11S. The molecule has 0 spiro atoms. The zero-order valence-electron chi connectivity index (χ0n) is 39.2. The fourth-order valence-corrected chi connectivity index (χ4v) is 11.8. The number of fused-ring (bicyclic) bond motifs is 3. The van der Waals surface area contributed by atoms with E-state index >= 15 is 8.42 Å². The molecule has 4 aromatic carbocycles. The highest BCUT2D eigenvalue weighted by atomic mass is 32.2. The Balaban J connectivity index is 1.30. The molecule has 1 aromatic heterocycles. The third-order valence-corrected chi connectivity index (χ3v) is 15.3. The van der Waals surface area contributed by atoms with E-state index in [9.17, 15) is 15.0 Å². The Morgan fingerprint density at radius 1 is 0.942 bits per heavy atom. The number of nitrogens with one attached hydrogen (secondary N) is 1. The van der Waals surface area contributed by atoms with E-state index in [-0.39, 0.29) is 55.3 Å². The highest BCUT2D eigenvalue weighted by Gasteiger charge is 2.66. The van der Waals surface area contributed by atoms with Crippen LogP contribution < -0.4 is 24.3 Å². The summed E-state index contributed by atoms with van der Waals surface area (Å²) in [5.74, 6) is -1.42. The molecule has 364 valence electrons. The number of ether oxygens (including phenoxy) is 5. The highest BCUT2D eigenvalue weighted by Crippen LogP contribution is 2.62. The van der Waals surface area contributed by atoms with E-state index in [2.05, 4.69) is 23.0 Å². The molecular weight excluding hydrogens is 901 g/mol. The first kappa shape index (κ1) is 49.1. The molecule has 15 nitrogen and oxygen atoms in total. The molecule has 8 rings (SSSR count). The Morgan fingerprint density at radius 3 is 2.46 bits per heavy atom. The van der Waals surface area contributed by atoms with Gasteiger partial charge in [0.15, 0.2) is 0 Å². The summed E-state index contributed by atoms with van der Waals surface area (Å²) < 4.78 is 63.0. The summed E-state index contributed by atoms with van der Waals surface area (Å²) in [6.45, 7) is 4.22. The van der Waals surface area contributed by atoms with Crippen molar-refractivity contribution in [2.75, 3.05) is 46.4 Å². The molecule has 1 aliphatic heterocycles. The number of hydrogen-bond donors (Lipinski definition) is 3. The van der Waals surface area contributed by atoms with E-state index in [4.69, 9.17) is 33.7 Å². The van der Waals surface area contributed by atoms with Gasteiger partial charge in [0.1, 0.15) is 34.5 Å². The number of amides is 1. The first-order chi connectivity index (χ1) is 33.6. The van der Waals surface area contributed by atoms with Crippen molar-refractivity contribution in [2.24, 2.45) is 22.9 Å². The van der Waals surface area contributed by atoms with Crippen molar-refractivity contribution in [3.8, 4) is 23.0 Å². The molecule has 0 bridgehead atoms. The maximum absolute atomic E-state index is 15.3. The maximum atomic E-state index is 15.3. The SMILES string of the molecule is C=CCO[C@@]12Oc3ccc(OC(=O)Nc4ccc(OC)cc4OC)cc3[C@H]3[C@H](CCCCO)[C@@H](CCCCO)C=C(C(=NOCc4ccccc4)C[C@@H]1N(C)S(=O)(=O)c1cccc4cccnc14)[C@H]32. The molecule has 2 aliphatic carbocycles. The van der Waals surface area contributed by atoms with Gasteiger partial charge in [-0.2, -0.15) is 4.31 Å². The van der Waals surface area contributed by atoms with Gasteiger partial charge >= 0.3 is 6.09 Å². The second-order valence-electron chi connectivity index (χ2n) is 17.5. The van der Waals surface area contributed by atoms with Gasteiger partial charge in [0.2, 0.25) is 15.8 Å². The van der Waals surface area contributed by atoms with Gasteiger partial charge < -0.3 is 38.7 Å². The number of oxime groups is 1. The van der Waals surface area contributed by atoms with Gasteiger partial charge in [-0.1, -0.05) is 78.7 Å². The molecule has 3 N–H and O–H groups in total. The first-order valence-corrected chi connectivity index (χ1v) is 24.8. The lowest BCUT2D eigenvalue weighted by atomic mass is 9.55. The summed E-state index contributed by atoms with van der Waals surface area (Å²) >= 11 is 0. The van der Waals surface area contributed by atoms with Crippen molar-refractivity contribution in [1.29, 1.82) is 0 Å². The van der Waals surface area contributed by atoms with Gasteiger partial charge in [0, 0.05) is 55.8 Å². The summed E-state index contributed by atoms with van der Waals surface area (Å²) in [4.78, 5) is 24.4.